The van der Waals surface area contributed by atoms with Crippen LogP contribution in [0.25, 0.3) is 0 Å². The van der Waals surface area contributed by atoms with Crippen LogP contribution in [0.4, 0.5) is 11.5 Å². The minimum Gasteiger partial charge on any atom is -0.366 e. The average Bonchev–Trinajstić information content (AvgIpc) is 2.63. The standard InChI is InChI=1S/C21H21ClN4O/c1-13-4-9-18(14(2)10-13)26-21(27)19-11-20(25-15(3)24-19)23-12-16-5-7-17(22)8-6-16/h4-11H,12H2,1-3H3,(H,26,27)(H,23,24,25). The Bertz CT molecular complexity index is 970. The third-order valence-corrected chi connectivity index (χ3v) is 4.34. The summed E-state index contributed by atoms with van der Waals surface area (Å²) in [6.45, 7) is 6.32. The molecule has 0 aliphatic rings. The molecule has 0 saturated heterocycles. The van der Waals surface area contributed by atoms with Gasteiger partial charge in [-0.25, -0.2) is 9.97 Å². The van der Waals surface area contributed by atoms with Crippen LogP contribution in [0.5, 0.6) is 0 Å². The molecular weight excluding hydrogens is 360 g/mol. The number of hydrogen-bond acceptors (Lipinski definition) is 4. The fourth-order valence-electron chi connectivity index (χ4n) is 2.71. The lowest BCUT2D eigenvalue weighted by Gasteiger charge is -2.11. The molecule has 27 heavy (non-hydrogen) atoms. The first kappa shape index (κ1) is 18.9. The van der Waals surface area contributed by atoms with Crippen molar-refractivity contribution in [1.29, 1.82) is 0 Å². The Kier molecular flexibility index (Phi) is 5.72. The van der Waals surface area contributed by atoms with Crippen LogP contribution in [-0.2, 0) is 6.54 Å². The molecule has 0 spiro atoms. The van der Waals surface area contributed by atoms with Crippen molar-refractivity contribution in [1.82, 2.24) is 9.97 Å². The molecule has 3 rings (SSSR count). The van der Waals surface area contributed by atoms with Gasteiger partial charge in [0.05, 0.1) is 0 Å². The number of aromatic nitrogens is 2. The number of nitrogens with zero attached hydrogens (tertiary/aromatic N) is 2. The van der Waals surface area contributed by atoms with Gasteiger partial charge in [-0.1, -0.05) is 41.4 Å². The van der Waals surface area contributed by atoms with Gasteiger partial charge in [-0.15, -0.1) is 0 Å². The molecule has 2 N–H and O–H groups in total. The molecule has 0 fully saturated rings. The lowest BCUT2D eigenvalue weighted by Crippen LogP contribution is -2.16. The summed E-state index contributed by atoms with van der Waals surface area (Å²) in [5, 5.41) is 6.84. The van der Waals surface area contributed by atoms with Crippen LogP contribution < -0.4 is 10.6 Å². The van der Waals surface area contributed by atoms with Crippen molar-refractivity contribution in [3.05, 3.63) is 81.8 Å². The van der Waals surface area contributed by atoms with Crippen molar-refractivity contribution < 1.29 is 4.79 Å². The Hall–Kier alpha value is -2.92. The number of carbonyl (C=O) groups is 1. The molecule has 138 valence electrons. The molecular formula is C21H21ClN4O. The van der Waals surface area contributed by atoms with E-state index in [4.69, 9.17) is 11.6 Å². The van der Waals surface area contributed by atoms with Gasteiger partial charge in [0.2, 0.25) is 0 Å². The summed E-state index contributed by atoms with van der Waals surface area (Å²) in [7, 11) is 0. The molecule has 0 unspecified atom stereocenters. The number of hydrogen-bond donors (Lipinski definition) is 2. The highest BCUT2D eigenvalue weighted by Gasteiger charge is 2.12. The molecule has 1 heterocycles. The number of anilines is 2. The molecule has 0 bridgehead atoms. The van der Waals surface area contributed by atoms with Gasteiger partial charge in [-0.3, -0.25) is 4.79 Å². The van der Waals surface area contributed by atoms with E-state index in [2.05, 4.69) is 20.6 Å². The van der Waals surface area contributed by atoms with Gasteiger partial charge in [0, 0.05) is 23.3 Å². The van der Waals surface area contributed by atoms with Gasteiger partial charge < -0.3 is 10.6 Å². The second kappa shape index (κ2) is 8.18. The minimum atomic E-state index is -0.262. The maximum atomic E-state index is 12.6. The molecule has 2 aromatic carbocycles. The van der Waals surface area contributed by atoms with E-state index in [-0.39, 0.29) is 5.91 Å². The summed E-state index contributed by atoms with van der Waals surface area (Å²) in [6.07, 6.45) is 0. The molecule has 0 aliphatic carbocycles. The third kappa shape index (κ3) is 5.05. The summed E-state index contributed by atoms with van der Waals surface area (Å²) in [4.78, 5) is 21.2. The Morgan fingerprint density at radius 3 is 2.44 bits per heavy atom. The largest absolute Gasteiger partial charge is 0.366 e. The quantitative estimate of drug-likeness (QED) is 0.659. The minimum absolute atomic E-state index is 0.262. The topological polar surface area (TPSA) is 66.9 Å². The molecule has 0 aliphatic heterocycles. The summed E-state index contributed by atoms with van der Waals surface area (Å²) < 4.78 is 0. The Morgan fingerprint density at radius 2 is 1.74 bits per heavy atom. The fourth-order valence-corrected chi connectivity index (χ4v) is 2.84. The summed E-state index contributed by atoms with van der Waals surface area (Å²) in [6, 6.07) is 15.1. The van der Waals surface area contributed by atoms with E-state index in [1.54, 1.807) is 13.0 Å². The van der Waals surface area contributed by atoms with Crippen molar-refractivity contribution in [2.75, 3.05) is 10.6 Å². The first-order chi connectivity index (χ1) is 12.9. The predicted octanol–water partition coefficient (Wildman–Crippen LogP) is 4.92. The van der Waals surface area contributed by atoms with Crippen molar-refractivity contribution in [3.8, 4) is 0 Å². The van der Waals surface area contributed by atoms with Crippen LogP contribution in [0.2, 0.25) is 5.02 Å². The predicted molar refractivity (Wildman–Crippen MR) is 109 cm³/mol. The zero-order valence-electron chi connectivity index (χ0n) is 15.5. The van der Waals surface area contributed by atoms with E-state index >= 15 is 0 Å². The molecule has 3 aromatic rings. The van der Waals surface area contributed by atoms with Crippen LogP contribution in [0, 0.1) is 20.8 Å². The van der Waals surface area contributed by atoms with E-state index in [1.807, 2.05) is 56.3 Å². The zero-order valence-corrected chi connectivity index (χ0v) is 16.3. The van der Waals surface area contributed by atoms with E-state index < -0.39 is 0 Å². The summed E-state index contributed by atoms with van der Waals surface area (Å²) in [5.74, 6) is 0.868. The van der Waals surface area contributed by atoms with Crippen LogP contribution in [0.3, 0.4) is 0 Å². The van der Waals surface area contributed by atoms with Crippen molar-refractivity contribution in [2.45, 2.75) is 27.3 Å². The summed E-state index contributed by atoms with van der Waals surface area (Å²) >= 11 is 5.91. The van der Waals surface area contributed by atoms with Crippen LogP contribution in [0.1, 0.15) is 33.0 Å². The van der Waals surface area contributed by atoms with Crippen molar-refractivity contribution in [2.24, 2.45) is 0 Å². The maximum absolute atomic E-state index is 12.6. The lowest BCUT2D eigenvalue weighted by molar-refractivity contribution is 0.102. The van der Waals surface area contributed by atoms with E-state index in [0.717, 1.165) is 22.4 Å². The molecule has 6 heteroatoms. The van der Waals surface area contributed by atoms with Gasteiger partial charge in [0.15, 0.2) is 0 Å². The van der Waals surface area contributed by atoms with Crippen molar-refractivity contribution in [3.63, 3.8) is 0 Å². The Balaban J connectivity index is 1.73. The maximum Gasteiger partial charge on any atom is 0.274 e. The first-order valence-electron chi connectivity index (χ1n) is 8.63. The number of rotatable bonds is 5. The SMILES string of the molecule is Cc1ccc(NC(=O)c2cc(NCc3ccc(Cl)cc3)nc(C)n2)c(C)c1. The van der Waals surface area contributed by atoms with Crippen molar-refractivity contribution >= 4 is 29.0 Å². The number of aryl methyl sites for hydroxylation is 3. The van der Waals surface area contributed by atoms with Gasteiger partial charge in [-0.2, -0.15) is 0 Å². The number of carbonyl (C=O) groups excluding carboxylic acids is 1. The number of nitrogens with one attached hydrogen (secondary N) is 2. The molecule has 1 aromatic heterocycles. The number of amides is 1. The smallest absolute Gasteiger partial charge is 0.274 e. The highest BCUT2D eigenvalue weighted by Crippen LogP contribution is 2.18. The van der Waals surface area contributed by atoms with Gasteiger partial charge >= 0.3 is 0 Å². The normalized spacial score (nSPS) is 10.5. The van der Waals surface area contributed by atoms with E-state index in [9.17, 15) is 4.79 Å². The fraction of sp³-hybridized carbons (Fsp3) is 0.190. The molecule has 0 atom stereocenters. The van der Waals surface area contributed by atoms with Gasteiger partial charge in [-0.05, 0) is 50.1 Å². The first-order valence-corrected chi connectivity index (χ1v) is 9.01. The van der Waals surface area contributed by atoms with E-state index in [0.29, 0.717) is 28.9 Å². The highest BCUT2D eigenvalue weighted by atomic mass is 35.5. The van der Waals surface area contributed by atoms with E-state index in [1.165, 1.54) is 0 Å². The molecule has 0 saturated carbocycles. The highest BCUT2D eigenvalue weighted by molar-refractivity contribution is 6.30. The Morgan fingerprint density at radius 1 is 1.00 bits per heavy atom. The Labute approximate surface area is 163 Å². The number of benzene rings is 2. The second-order valence-electron chi connectivity index (χ2n) is 6.44. The second-order valence-corrected chi connectivity index (χ2v) is 6.87. The zero-order chi connectivity index (χ0) is 19.4. The molecule has 5 nitrogen and oxygen atoms in total. The van der Waals surface area contributed by atoms with Gasteiger partial charge in [0.1, 0.15) is 17.3 Å². The van der Waals surface area contributed by atoms with Crippen LogP contribution in [0.15, 0.2) is 48.5 Å². The third-order valence-electron chi connectivity index (χ3n) is 4.09. The molecule has 0 radical (unpaired) electrons. The average molecular weight is 381 g/mol. The molecule has 1 amide bonds. The number of halogens is 1. The van der Waals surface area contributed by atoms with Crippen LogP contribution >= 0.6 is 11.6 Å². The summed E-state index contributed by atoms with van der Waals surface area (Å²) in [5.41, 5.74) is 4.32. The monoisotopic (exact) mass is 380 g/mol. The van der Waals surface area contributed by atoms with Gasteiger partial charge in [0.25, 0.3) is 5.91 Å². The van der Waals surface area contributed by atoms with Crippen LogP contribution in [-0.4, -0.2) is 15.9 Å². The lowest BCUT2D eigenvalue weighted by atomic mass is 10.1.